The fourth-order valence-electron chi connectivity index (χ4n) is 9.25. The SMILES string of the molecule is CC(C)CCCCCCCCCCCC(=O)O[C@H](COC(=O)CCCCCCCCCC(C)C)COP(=O)(O)OCC(O)COP(=O)(O)OC[C@@H](COC(=O)CCCCCCCCCC(C)C)OC(=O)CCCCCCCCCC(C)C. The maximum Gasteiger partial charge on any atom is 0.472 e. The molecular weight excluding hydrogens is 1090 g/mol. The number of ether oxygens (including phenoxy) is 4. The predicted octanol–water partition coefficient (Wildman–Crippen LogP) is 17.0. The summed E-state index contributed by atoms with van der Waals surface area (Å²) in [6, 6.07) is 0. The Hall–Kier alpha value is -1.94. The summed E-state index contributed by atoms with van der Waals surface area (Å²) in [5, 5.41) is 10.5. The van der Waals surface area contributed by atoms with Crippen molar-refractivity contribution in [3.05, 3.63) is 0 Å². The average molecular weight is 1210 g/mol. The van der Waals surface area contributed by atoms with Crippen LogP contribution in [0.3, 0.4) is 0 Å². The van der Waals surface area contributed by atoms with Crippen LogP contribution in [0.4, 0.5) is 0 Å². The molecule has 0 rings (SSSR count). The summed E-state index contributed by atoms with van der Waals surface area (Å²) in [4.78, 5) is 72.1. The lowest BCUT2D eigenvalue weighted by molar-refractivity contribution is -0.161. The monoisotopic (exact) mass is 1210 g/mol. The first-order valence-electron chi connectivity index (χ1n) is 32.7. The van der Waals surface area contributed by atoms with Crippen molar-refractivity contribution in [3.63, 3.8) is 0 Å². The van der Waals surface area contributed by atoms with Crippen LogP contribution in [-0.4, -0.2) is 96.7 Å². The standard InChI is InChI=1S/C63H122O17P2/c1-53(2)39-31-23-15-10-9-11-19-29-37-45-62(67)79-58(49-73-60(65)43-35-27-20-12-16-24-32-40-54(3)4)51-77-81(69,70)75-47-57(64)48-76-82(71,72)78-52-59(80-63(68)46-38-30-22-14-18-26-34-42-56(7)8)50-74-61(66)44-36-28-21-13-17-25-33-41-55(5)6/h53-59,64H,9-52H2,1-8H3,(H,69,70)(H,71,72)/t57?,58-,59-/m1/s1. The molecule has 0 saturated carbocycles. The molecule has 0 aromatic carbocycles. The maximum atomic E-state index is 13.0. The van der Waals surface area contributed by atoms with Gasteiger partial charge in [0.15, 0.2) is 12.2 Å². The van der Waals surface area contributed by atoms with Gasteiger partial charge < -0.3 is 33.8 Å². The summed E-state index contributed by atoms with van der Waals surface area (Å²) in [7, 11) is -9.89. The highest BCUT2D eigenvalue weighted by Crippen LogP contribution is 2.45. The van der Waals surface area contributed by atoms with Crippen molar-refractivity contribution in [1.82, 2.24) is 0 Å². The number of phosphoric acid groups is 2. The molecule has 486 valence electrons. The van der Waals surface area contributed by atoms with Gasteiger partial charge in [-0.3, -0.25) is 37.3 Å². The van der Waals surface area contributed by atoms with E-state index in [1.54, 1.807) is 0 Å². The highest BCUT2D eigenvalue weighted by atomic mass is 31.2. The van der Waals surface area contributed by atoms with Gasteiger partial charge in [0.25, 0.3) is 0 Å². The highest BCUT2D eigenvalue weighted by Gasteiger charge is 2.30. The molecule has 17 nitrogen and oxygen atoms in total. The summed E-state index contributed by atoms with van der Waals surface area (Å²) >= 11 is 0. The molecular formula is C63H122O17P2. The molecule has 5 atom stereocenters. The van der Waals surface area contributed by atoms with Crippen LogP contribution in [0.1, 0.15) is 299 Å². The van der Waals surface area contributed by atoms with Gasteiger partial charge in [0.05, 0.1) is 26.4 Å². The van der Waals surface area contributed by atoms with Crippen molar-refractivity contribution < 1.29 is 80.2 Å². The predicted molar refractivity (Wildman–Crippen MR) is 326 cm³/mol. The molecule has 0 aliphatic heterocycles. The number of rotatable bonds is 60. The average Bonchev–Trinajstić information content (AvgIpc) is 3.41. The number of phosphoric ester groups is 2. The minimum absolute atomic E-state index is 0.102. The normalized spacial score (nSPS) is 14.5. The van der Waals surface area contributed by atoms with Gasteiger partial charge >= 0.3 is 39.5 Å². The zero-order valence-electron chi connectivity index (χ0n) is 53.1. The van der Waals surface area contributed by atoms with Crippen molar-refractivity contribution in [2.75, 3.05) is 39.6 Å². The number of carbonyl (C=O) groups is 4. The maximum absolute atomic E-state index is 13.0. The van der Waals surface area contributed by atoms with E-state index in [-0.39, 0.29) is 25.7 Å². The first-order chi connectivity index (χ1) is 39.1. The summed E-state index contributed by atoms with van der Waals surface area (Å²) in [5.74, 6) is 0.699. The Balaban J connectivity index is 5.25. The Morgan fingerprint density at radius 2 is 0.512 bits per heavy atom. The van der Waals surface area contributed by atoms with Crippen molar-refractivity contribution in [2.24, 2.45) is 23.7 Å². The van der Waals surface area contributed by atoms with Gasteiger partial charge in [-0.05, 0) is 49.4 Å². The van der Waals surface area contributed by atoms with Crippen LogP contribution in [-0.2, 0) is 65.4 Å². The van der Waals surface area contributed by atoms with Crippen LogP contribution in [0.2, 0.25) is 0 Å². The topological polar surface area (TPSA) is 237 Å². The Labute approximate surface area is 498 Å². The molecule has 0 spiro atoms. The number of unbranched alkanes of at least 4 members (excludes halogenated alkanes) is 26. The van der Waals surface area contributed by atoms with Gasteiger partial charge in [-0.15, -0.1) is 0 Å². The third-order valence-electron chi connectivity index (χ3n) is 14.3. The van der Waals surface area contributed by atoms with Gasteiger partial charge in [-0.2, -0.15) is 0 Å². The smallest absolute Gasteiger partial charge is 0.462 e. The number of aliphatic hydroxyl groups is 1. The summed E-state index contributed by atoms with van der Waals surface area (Å²) in [6.45, 7) is 13.9. The minimum atomic E-state index is -4.94. The molecule has 19 heteroatoms. The molecule has 0 aliphatic carbocycles. The molecule has 0 amide bonds. The van der Waals surface area contributed by atoms with E-state index in [0.717, 1.165) is 109 Å². The molecule has 0 fully saturated rings. The van der Waals surface area contributed by atoms with E-state index in [9.17, 15) is 43.2 Å². The summed E-state index contributed by atoms with van der Waals surface area (Å²) in [6.07, 6.45) is 32.4. The molecule has 0 bridgehead atoms. The van der Waals surface area contributed by atoms with E-state index in [1.165, 1.54) is 89.9 Å². The minimum Gasteiger partial charge on any atom is -0.462 e. The fraction of sp³-hybridized carbons (Fsp3) is 0.937. The van der Waals surface area contributed by atoms with Gasteiger partial charge in [-0.1, -0.05) is 248 Å². The molecule has 0 aromatic heterocycles. The van der Waals surface area contributed by atoms with Crippen LogP contribution in [0, 0.1) is 23.7 Å². The summed E-state index contributed by atoms with van der Waals surface area (Å²) < 4.78 is 67.9. The Bertz CT molecular complexity index is 1640. The molecule has 3 N–H and O–H groups in total. The second-order valence-corrected chi connectivity index (χ2v) is 27.6. The van der Waals surface area contributed by atoms with E-state index in [4.69, 9.17) is 37.0 Å². The van der Waals surface area contributed by atoms with Crippen LogP contribution < -0.4 is 0 Å². The molecule has 0 aliphatic rings. The quantitative estimate of drug-likeness (QED) is 0.0222. The van der Waals surface area contributed by atoms with Gasteiger partial charge in [0.2, 0.25) is 0 Å². The zero-order chi connectivity index (χ0) is 61.1. The highest BCUT2D eigenvalue weighted by molar-refractivity contribution is 7.47. The molecule has 0 aromatic rings. The Kier molecular flexibility index (Phi) is 52.0. The van der Waals surface area contributed by atoms with E-state index in [0.29, 0.717) is 43.4 Å². The Morgan fingerprint density at radius 1 is 0.305 bits per heavy atom. The van der Waals surface area contributed by atoms with E-state index >= 15 is 0 Å². The number of hydrogen-bond acceptors (Lipinski definition) is 15. The molecule has 0 heterocycles. The van der Waals surface area contributed by atoms with E-state index < -0.39 is 97.5 Å². The van der Waals surface area contributed by atoms with Crippen LogP contribution >= 0.6 is 15.6 Å². The van der Waals surface area contributed by atoms with E-state index in [1.807, 2.05) is 0 Å². The third kappa shape index (κ3) is 57.2. The van der Waals surface area contributed by atoms with Crippen LogP contribution in [0.25, 0.3) is 0 Å². The lowest BCUT2D eigenvalue weighted by atomic mass is 10.0. The fourth-order valence-corrected chi connectivity index (χ4v) is 10.8. The zero-order valence-corrected chi connectivity index (χ0v) is 54.9. The molecule has 0 saturated heterocycles. The Morgan fingerprint density at radius 3 is 0.756 bits per heavy atom. The number of esters is 4. The van der Waals surface area contributed by atoms with Crippen molar-refractivity contribution in [1.29, 1.82) is 0 Å². The largest absolute Gasteiger partial charge is 0.472 e. The first-order valence-corrected chi connectivity index (χ1v) is 35.7. The number of carbonyl (C=O) groups excluding carboxylic acids is 4. The van der Waals surface area contributed by atoms with E-state index in [2.05, 4.69) is 55.4 Å². The number of hydrogen-bond donors (Lipinski definition) is 3. The molecule has 82 heavy (non-hydrogen) atoms. The second kappa shape index (κ2) is 53.3. The lowest BCUT2D eigenvalue weighted by Gasteiger charge is -2.21. The third-order valence-corrected chi connectivity index (χ3v) is 16.2. The summed E-state index contributed by atoms with van der Waals surface area (Å²) in [5.41, 5.74) is 0. The molecule has 3 unspecified atom stereocenters. The number of aliphatic hydroxyl groups excluding tert-OH is 1. The van der Waals surface area contributed by atoms with Gasteiger partial charge in [-0.25, -0.2) is 9.13 Å². The van der Waals surface area contributed by atoms with Gasteiger partial charge in [0, 0.05) is 25.7 Å². The van der Waals surface area contributed by atoms with Crippen LogP contribution in [0.5, 0.6) is 0 Å². The lowest BCUT2D eigenvalue weighted by Crippen LogP contribution is -2.30. The first kappa shape index (κ1) is 80.1. The van der Waals surface area contributed by atoms with Gasteiger partial charge in [0.1, 0.15) is 19.3 Å². The van der Waals surface area contributed by atoms with Crippen molar-refractivity contribution >= 4 is 39.5 Å². The molecule has 0 radical (unpaired) electrons. The second-order valence-electron chi connectivity index (χ2n) is 24.7. The van der Waals surface area contributed by atoms with Crippen LogP contribution in [0.15, 0.2) is 0 Å². The van der Waals surface area contributed by atoms with Crippen molar-refractivity contribution in [3.8, 4) is 0 Å². The van der Waals surface area contributed by atoms with Crippen molar-refractivity contribution in [2.45, 2.75) is 318 Å².